The molecule has 1 nitrogen and oxygen atoms in total. The zero-order chi connectivity index (χ0) is 13.8. The van der Waals surface area contributed by atoms with Crippen molar-refractivity contribution in [1.82, 2.24) is 5.32 Å². The fourth-order valence-corrected chi connectivity index (χ4v) is 2.43. The van der Waals surface area contributed by atoms with Crippen molar-refractivity contribution in [1.29, 1.82) is 0 Å². The van der Waals surface area contributed by atoms with Gasteiger partial charge in [-0.2, -0.15) is 0 Å². The molecule has 0 saturated heterocycles. The maximum atomic E-state index is 3.43. The van der Waals surface area contributed by atoms with Crippen molar-refractivity contribution in [3.63, 3.8) is 0 Å². The Kier molecular flexibility index (Phi) is 4.39. The Hall–Kier alpha value is -1.60. The molecule has 0 amide bonds. The summed E-state index contributed by atoms with van der Waals surface area (Å²) in [7, 11) is 2.04. The summed E-state index contributed by atoms with van der Waals surface area (Å²) in [5.41, 5.74) is 6.80. The van der Waals surface area contributed by atoms with Crippen molar-refractivity contribution in [3.05, 3.63) is 70.3 Å². The van der Waals surface area contributed by atoms with Crippen LogP contribution < -0.4 is 5.32 Å². The second-order valence-electron chi connectivity index (χ2n) is 5.39. The van der Waals surface area contributed by atoms with Crippen molar-refractivity contribution < 1.29 is 0 Å². The van der Waals surface area contributed by atoms with E-state index in [4.69, 9.17) is 0 Å². The highest BCUT2D eigenvalue weighted by atomic mass is 14.9. The summed E-state index contributed by atoms with van der Waals surface area (Å²) in [4.78, 5) is 0. The van der Waals surface area contributed by atoms with E-state index < -0.39 is 0 Å². The van der Waals surface area contributed by atoms with Gasteiger partial charge in [0.05, 0.1) is 0 Å². The van der Waals surface area contributed by atoms with Crippen LogP contribution in [0.2, 0.25) is 0 Å². The van der Waals surface area contributed by atoms with Gasteiger partial charge in [-0.05, 0) is 50.9 Å². The Balaban J connectivity index is 2.23. The average molecular weight is 253 g/mol. The molecule has 19 heavy (non-hydrogen) atoms. The van der Waals surface area contributed by atoms with E-state index in [1.165, 1.54) is 27.8 Å². The maximum absolute atomic E-state index is 3.43. The van der Waals surface area contributed by atoms with Gasteiger partial charge in [-0.1, -0.05) is 53.6 Å². The Morgan fingerprint density at radius 2 is 1.53 bits per heavy atom. The summed E-state index contributed by atoms with van der Waals surface area (Å²) in [5, 5.41) is 3.43. The molecule has 0 bridgehead atoms. The fourth-order valence-electron chi connectivity index (χ4n) is 2.43. The molecule has 100 valence electrons. The molecule has 2 aromatic carbocycles. The van der Waals surface area contributed by atoms with E-state index in [-0.39, 0.29) is 0 Å². The lowest BCUT2D eigenvalue weighted by Gasteiger charge is -2.18. The van der Waals surface area contributed by atoms with E-state index in [0.29, 0.717) is 6.04 Å². The minimum atomic E-state index is 0.376. The zero-order valence-corrected chi connectivity index (χ0v) is 12.3. The summed E-state index contributed by atoms with van der Waals surface area (Å²) in [5.74, 6) is 0. The van der Waals surface area contributed by atoms with Crippen LogP contribution in [-0.2, 0) is 6.42 Å². The Bertz CT molecular complexity index is 540. The molecule has 1 heteroatoms. The number of likely N-dealkylation sites (N-methyl/N-ethyl adjacent to an activating group) is 1. The largest absolute Gasteiger partial charge is 0.313 e. The molecule has 2 aromatic rings. The molecule has 0 aliphatic rings. The highest BCUT2D eigenvalue weighted by Gasteiger charge is 2.11. The van der Waals surface area contributed by atoms with Crippen LogP contribution in [0.4, 0.5) is 0 Å². The van der Waals surface area contributed by atoms with Gasteiger partial charge in [-0.15, -0.1) is 0 Å². The van der Waals surface area contributed by atoms with E-state index >= 15 is 0 Å². The number of aryl methyl sites for hydroxylation is 3. The highest BCUT2D eigenvalue weighted by molar-refractivity contribution is 5.33. The summed E-state index contributed by atoms with van der Waals surface area (Å²) in [6.45, 7) is 6.47. The van der Waals surface area contributed by atoms with Crippen LogP contribution in [0.25, 0.3) is 0 Å². The van der Waals surface area contributed by atoms with Gasteiger partial charge in [0.1, 0.15) is 0 Å². The molecule has 0 aliphatic heterocycles. The zero-order valence-electron chi connectivity index (χ0n) is 12.3. The number of hydrogen-bond acceptors (Lipinski definition) is 1. The minimum Gasteiger partial charge on any atom is -0.313 e. The van der Waals surface area contributed by atoms with Gasteiger partial charge >= 0.3 is 0 Å². The molecule has 0 heterocycles. The SMILES string of the molecule is CNC(Cc1cc(C)ccc1C)c1ccc(C)cc1. The highest BCUT2D eigenvalue weighted by Crippen LogP contribution is 2.21. The number of nitrogens with one attached hydrogen (secondary N) is 1. The quantitative estimate of drug-likeness (QED) is 0.864. The third-order valence-corrected chi connectivity index (χ3v) is 3.76. The molecular weight excluding hydrogens is 230 g/mol. The topological polar surface area (TPSA) is 12.0 Å². The van der Waals surface area contributed by atoms with E-state index in [0.717, 1.165) is 6.42 Å². The molecule has 1 unspecified atom stereocenters. The number of rotatable bonds is 4. The van der Waals surface area contributed by atoms with Crippen molar-refractivity contribution in [2.45, 2.75) is 33.2 Å². The monoisotopic (exact) mass is 253 g/mol. The Morgan fingerprint density at radius 1 is 0.895 bits per heavy atom. The van der Waals surface area contributed by atoms with Gasteiger partial charge in [-0.25, -0.2) is 0 Å². The lowest BCUT2D eigenvalue weighted by atomic mass is 9.94. The van der Waals surface area contributed by atoms with Gasteiger partial charge < -0.3 is 5.32 Å². The molecule has 1 N–H and O–H groups in total. The molecule has 1 atom stereocenters. The molecule has 2 rings (SSSR count). The molecule has 0 fully saturated rings. The molecule has 0 aromatic heterocycles. The lowest BCUT2D eigenvalue weighted by molar-refractivity contribution is 0.590. The smallest absolute Gasteiger partial charge is 0.0358 e. The number of hydrogen-bond donors (Lipinski definition) is 1. The van der Waals surface area contributed by atoms with Gasteiger partial charge in [0.15, 0.2) is 0 Å². The van der Waals surface area contributed by atoms with Gasteiger partial charge in [0, 0.05) is 6.04 Å². The maximum Gasteiger partial charge on any atom is 0.0358 e. The summed E-state index contributed by atoms with van der Waals surface area (Å²) in [6, 6.07) is 15.9. The van der Waals surface area contributed by atoms with E-state index in [1.807, 2.05) is 7.05 Å². The van der Waals surface area contributed by atoms with Crippen LogP contribution in [-0.4, -0.2) is 7.05 Å². The average Bonchev–Trinajstić information content (AvgIpc) is 2.41. The first kappa shape index (κ1) is 13.8. The van der Waals surface area contributed by atoms with Crippen LogP contribution in [0, 0.1) is 20.8 Å². The third kappa shape index (κ3) is 3.45. The lowest BCUT2D eigenvalue weighted by Crippen LogP contribution is -2.19. The molecular formula is C18H23N. The number of benzene rings is 2. The first-order valence-corrected chi connectivity index (χ1v) is 6.90. The normalized spacial score (nSPS) is 12.4. The van der Waals surface area contributed by atoms with Crippen LogP contribution in [0.1, 0.15) is 33.9 Å². The fraction of sp³-hybridized carbons (Fsp3) is 0.333. The van der Waals surface area contributed by atoms with Crippen LogP contribution in [0.15, 0.2) is 42.5 Å². The molecule has 0 radical (unpaired) electrons. The summed E-state index contributed by atoms with van der Waals surface area (Å²) in [6.07, 6.45) is 1.03. The second-order valence-corrected chi connectivity index (χ2v) is 5.39. The van der Waals surface area contributed by atoms with Gasteiger partial charge in [0.25, 0.3) is 0 Å². The van der Waals surface area contributed by atoms with Crippen molar-refractivity contribution in [3.8, 4) is 0 Å². The molecule has 0 aliphatic carbocycles. The van der Waals surface area contributed by atoms with E-state index in [2.05, 4.69) is 68.6 Å². The molecule has 0 saturated carbocycles. The first-order valence-electron chi connectivity index (χ1n) is 6.90. The first-order chi connectivity index (χ1) is 9.10. The van der Waals surface area contributed by atoms with Crippen molar-refractivity contribution in [2.24, 2.45) is 0 Å². The van der Waals surface area contributed by atoms with Crippen molar-refractivity contribution >= 4 is 0 Å². The van der Waals surface area contributed by atoms with Crippen LogP contribution >= 0.6 is 0 Å². The van der Waals surface area contributed by atoms with Crippen LogP contribution in [0.5, 0.6) is 0 Å². The summed E-state index contributed by atoms with van der Waals surface area (Å²) < 4.78 is 0. The second kappa shape index (κ2) is 6.03. The van der Waals surface area contributed by atoms with Gasteiger partial charge in [-0.3, -0.25) is 0 Å². The summed E-state index contributed by atoms with van der Waals surface area (Å²) >= 11 is 0. The standard InChI is InChI=1S/C18H23N/c1-13-6-9-16(10-7-13)18(19-4)12-17-11-14(2)5-8-15(17)3/h5-11,18-19H,12H2,1-4H3. The van der Waals surface area contributed by atoms with Crippen LogP contribution in [0.3, 0.4) is 0 Å². The molecule has 0 spiro atoms. The van der Waals surface area contributed by atoms with E-state index in [1.54, 1.807) is 0 Å². The predicted molar refractivity (Wildman–Crippen MR) is 82.6 cm³/mol. The van der Waals surface area contributed by atoms with E-state index in [9.17, 15) is 0 Å². The van der Waals surface area contributed by atoms with Gasteiger partial charge in [0.2, 0.25) is 0 Å². The Labute approximate surface area is 116 Å². The van der Waals surface area contributed by atoms with Crippen molar-refractivity contribution in [2.75, 3.05) is 7.05 Å². The Morgan fingerprint density at radius 3 is 2.16 bits per heavy atom. The predicted octanol–water partition coefficient (Wildman–Crippen LogP) is 4.12. The minimum absolute atomic E-state index is 0.376. The third-order valence-electron chi connectivity index (χ3n) is 3.76.